The molecule has 0 aliphatic heterocycles. The number of hydrogen-bond acceptors (Lipinski definition) is 7. The predicted molar refractivity (Wildman–Crippen MR) is 158 cm³/mol. The maximum Gasteiger partial charge on any atom is 0.305 e. The van der Waals surface area contributed by atoms with Gasteiger partial charge in [-0.15, -0.1) is 22.7 Å². The molecule has 232 valence electrons. The molecule has 12 heteroatoms. The van der Waals surface area contributed by atoms with Crippen LogP contribution in [-0.2, 0) is 14.3 Å². The van der Waals surface area contributed by atoms with Gasteiger partial charge in [-0.05, 0) is 66.9 Å². The average Bonchev–Trinajstić information content (AvgIpc) is 3.69. The van der Waals surface area contributed by atoms with Crippen molar-refractivity contribution >= 4 is 46.2 Å². The van der Waals surface area contributed by atoms with Gasteiger partial charge in [-0.3, -0.25) is 19.2 Å². The number of benzene rings is 2. The summed E-state index contributed by atoms with van der Waals surface area (Å²) in [5, 5.41) is 12.3. The van der Waals surface area contributed by atoms with Crippen molar-refractivity contribution in [1.82, 2.24) is 0 Å². The second-order valence-electron chi connectivity index (χ2n) is 9.33. The van der Waals surface area contributed by atoms with Gasteiger partial charge in [-0.2, -0.15) is 0 Å². The summed E-state index contributed by atoms with van der Waals surface area (Å²) in [7, 11) is 0. The van der Waals surface area contributed by atoms with E-state index in [1.165, 1.54) is 34.8 Å². The number of carboxylic acid groups (broad SMARTS) is 1. The first-order valence-electron chi connectivity index (χ1n) is 13.5. The van der Waals surface area contributed by atoms with E-state index in [1.54, 1.807) is 41.9 Å². The smallest absolute Gasteiger partial charge is 0.305 e. The van der Waals surface area contributed by atoms with E-state index in [0.29, 0.717) is 9.75 Å². The lowest BCUT2D eigenvalue weighted by Crippen LogP contribution is -2.17. The summed E-state index contributed by atoms with van der Waals surface area (Å²) in [5.74, 6) is -8.16. The minimum absolute atomic E-state index is 0.00243. The molecular formula is C32H28F4O6S2. The van der Waals surface area contributed by atoms with E-state index in [1.807, 2.05) is 0 Å². The van der Waals surface area contributed by atoms with Gasteiger partial charge in [-0.1, -0.05) is 24.3 Å². The number of carbonyl (C=O) groups is 4. The number of Topliss-reactive ketones (excluding diaryl/α,β-unsaturated/α-hetero) is 2. The lowest BCUT2D eigenvalue weighted by atomic mass is 9.91. The molecule has 4 rings (SSSR count). The molecule has 4 aromatic rings. The minimum atomic E-state index is -1.06. The number of aliphatic carboxylic acids is 1. The summed E-state index contributed by atoms with van der Waals surface area (Å²) < 4.78 is 60.1. The van der Waals surface area contributed by atoms with Gasteiger partial charge < -0.3 is 9.84 Å². The van der Waals surface area contributed by atoms with Gasteiger partial charge in [0.25, 0.3) is 0 Å². The molecule has 0 radical (unpaired) electrons. The van der Waals surface area contributed by atoms with Gasteiger partial charge in [0.2, 0.25) is 0 Å². The Morgan fingerprint density at radius 1 is 0.682 bits per heavy atom. The lowest BCUT2D eigenvalue weighted by Gasteiger charge is -2.15. The summed E-state index contributed by atoms with van der Waals surface area (Å²) in [6.45, 7) is 1.94. The Labute approximate surface area is 258 Å². The first-order chi connectivity index (χ1) is 21.0. The van der Waals surface area contributed by atoms with Gasteiger partial charge in [0.15, 0.2) is 11.6 Å². The number of hydrogen-bond donors (Lipinski definition) is 1. The van der Waals surface area contributed by atoms with Crippen LogP contribution < -0.4 is 0 Å². The number of rotatable bonds is 13. The van der Waals surface area contributed by atoms with E-state index in [9.17, 15) is 36.7 Å². The van der Waals surface area contributed by atoms with Crippen molar-refractivity contribution in [2.45, 2.75) is 44.4 Å². The highest BCUT2D eigenvalue weighted by Crippen LogP contribution is 2.32. The fourth-order valence-corrected chi connectivity index (χ4v) is 6.08. The van der Waals surface area contributed by atoms with Crippen LogP contribution in [0.15, 0.2) is 71.4 Å². The maximum absolute atomic E-state index is 13.9. The first kappa shape index (κ1) is 34.3. The summed E-state index contributed by atoms with van der Waals surface area (Å²) >= 11 is 2.57. The van der Waals surface area contributed by atoms with Gasteiger partial charge >= 0.3 is 11.9 Å². The summed E-state index contributed by atoms with van der Waals surface area (Å²) in [4.78, 5) is 48.6. The molecule has 2 unspecified atom stereocenters. The molecule has 2 atom stereocenters. The Balaban J connectivity index is 0.000000241. The van der Waals surface area contributed by atoms with Crippen LogP contribution in [0, 0.1) is 23.3 Å². The molecule has 2 heterocycles. The Kier molecular flexibility index (Phi) is 13.0. The zero-order valence-corrected chi connectivity index (χ0v) is 25.1. The van der Waals surface area contributed by atoms with Crippen molar-refractivity contribution in [3.05, 3.63) is 116 Å². The molecule has 2 aromatic heterocycles. The molecular weight excluding hydrogens is 620 g/mol. The third-order valence-corrected chi connectivity index (χ3v) is 8.39. The van der Waals surface area contributed by atoms with Gasteiger partial charge in [0.1, 0.15) is 23.3 Å². The number of ketones is 2. The number of carbonyl (C=O) groups excluding carboxylic acids is 3. The number of ether oxygens (including phenoxy) is 1. The second kappa shape index (κ2) is 16.6. The molecule has 2 aromatic carbocycles. The lowest BCUT2D eigenvalue weighted by molar-refractivity contribution is -0.143. The highest BCUT2D eigenvalue weighted by molar-refractivity contribution is 7.10. The monoisotopic (exact) mass is 648 g/mol. The number of thiophene rings is 2. The van der Waals surface area contributed by atoms with Crippen LogP contribution in [0.2, 0.25) is 0 Å². The largest absolute Gasteiger partial charge is 0.481 e. The number of esters is 1. The molecule has 0 amide bonds. The fraction of sp³-hybridized carbons (Fsp3) is 0.250. The van der Waals surface area contributed by atoms with Crippen molar-refractivity contribution in [1.29, 1.82) is 0 Å². The Hall–Kier alpha value is -4.16. The summed E-state index contributed by atoms with van der Waals surface area (Å²) in [6, 6.07) is 13.4. The van der Waals surface area contributed by atoms with Crippen LogP contribution in [0.4, 0.5) is 17.6 Å². The van der Waals surface area contributed by atoms with Gasteiger partial charge in [0.05, 0.1) is 29.6 Å². The highest BCUT2D eigenvalue weighted by Gasteiger charge is 2.29. The van der Waals surface area contributed by atoms with E-state index in [-0.39, 0.29) is 32.3 Å². The molecule has 1 N–H and O–H groups in total. The SMILES string of the molecule is CCOC(=O)CCC(C(=O)c1c(F)cccc1F)c1cccs1.O=C(O)CCC(C(=O)c1c(F)cccc1F)c1cccs1. The zero-order chi connectivity index (χ0) is 32.2. The van der Waals surface area contributed by atoms with Crippen molar-refractivity contribution < 1.29 is 46.6 Å². The average molecular weight is 649 g/mol. The molecule has 44 heavy (non-hydrogen) atoms. The quantitative estimate of drug-likeness (QED) is 0.0892. The Morgan fingerprint density at radius 3 is 1.43 bits per heavy atom. The molecule has 0 saturated carbocycles. The van der Waals surface area contributed by atoms with Crippen LogP contribution in [0.5, 0.6) is 0 Å². The van der Waals surface area contributed by atoms with Crippen molar-refractivity contribution in [3.8, 4) is 0 Å². The topological polar surface area (TPSA) is 97.7 Å². The highest BCUT2D eigenvalue weighted by atomic mass is 32.1. The first-order valence-corrected chi connectivity index (χ1v) is 15.2. The van der Waals surface area contributed by atoms with Crippen LogP contribution in [0.25, 0.3) is 0 Å². The van der Waals surface area contributed by atoms with E-state index in [4.69, 9.17) is 9.84 Å². The zero-order valence-electron chi connectivity index (χ0n) is 23.4. The molecule has 0 aliphatic rings. The van der Waals surface area contributed by atoms with E-state index in [2.05, 4.69) is 0 Å². The van der Waals surface area contributed by atoms with E-state index >= 15 is 0 Å². The molecule has 0 bridgehead atoms. The second-order valence-corrected chi connectivity index (χ2v) is 11.3. The van der Waals surface area contributed by atoms with E-state index in [0.717, 1.165) is 24.3 Å². The Morgan fingerprint density at radius 2 is 1.09 bits per heavy atom. The van der Waals surface area contributed by atoms with Crippen molar-refractivity contribution in [2.24, 2.45) is 0 Å². The summed E-state index contributed by atoms with van der Waals surface area (Å²) in [5.41, 5.74) is -1.17. The van der Waals surface area contributed by atoms with Crippen LogP contribution in [-0.4, -0.2) is 35.2 Å². The van der Waals surface area contributed by atoms with Crippen LogP contribution >= 0.6 is 22.7 Å². The normalized spacial score (nSPS) is 12.0. The minimum Gasteiger partial charge on any atom is -0.481 e. The molecule has 0 spiro atoms. The third kappa shape index (κ3) is 9.17. The fourth-order valence-electron chi connectivity index (χ4n) is 4.36. The van der Waals surface area contributed by atoms with Crippen molar-refractivity contribution in [3.63, 3.8) is 0 Å². The van der Waals surface area contributed by atoms with Crippen molar-refractivity contribution in [2.75, 3.05) is 6.61 Å². The number of halogens is 4. The van der Waals surface area contributed by atoms with Gasteiger partial charge in [0, 0.05) is 22.6 Å². The predicted octanol–water partition coefficient (Wildman–Crippen LogP) is 8.19. The Bertz CT molecular complexity index is 1530. The molecule has 6 nitrogen and oxygen atoms in total. The molecule has 0 aliphatic carbocycles. The van der Waals surface area contributed by atoms with E-state index < -0.39 is 69.7 Å². The summed E-state index contributed by atoms with van der Waals surface area (Å²) in [6.07, 6.45) is -0.0863. The van der Waals surface area contributed by atoms with Crippen LogP contribution in [0.1, 0.15) is 74.9 Å². The van der Waals surface area contributed by atoms with Crippen LogP contribution in [0.3, 0.4) is 0 Å². The van der Waals surface area contributed by atoms with Gasteiger partial charge in [-0.25, -0.2) is 17.6 Å². The molecule has 0 fully saturated rings. The third-order valence-electron chi connectivity index (χ3n) is 6.41. The number of carboxylic acids is 1. The maximum atomic E-state index is 13.9. The standard InChI is InChI=1S/C17H16F2O3S.C15H12F2O3S/c1-2-22-15(20)9-8-11(14-7-4-10-23-14)17(21)16-12(18)5-3-6-13(16)19;16-10-3-1-4-11(17)14(10)15(20)9(6-7-13(18)19)12-5-2-8-21-12/h3-7,10-11H,2,8-9H2,1H3;1-5,8-9H,6-7H2,(H,18,19). The molecule has 0 saturated heterocycles.